The lowest BCUT2D eigenvalue weighted by Crippen LogP contribution is -2.42. The Morgan fingerprint density at radius 3 is 2.95 bits per heavy atom. The predicted octanol–water partition coefficient (Wildman–Crippen LogP) is 4.89. The molecule has 4 heteroatoms. The van der Waals surface area contributed by atoms with Crippen molar-refractivity contribution in [2.75, 3.05) is 7.11 Å². The Labute approximate surface area is 148 Å². The molecule has 0 N–H and O–H groups in total. The summed E-state index contributed by atoms with van der Waals surface area (Å²) < 4.78 is 9.16. The van der Waals surface area contributed by atoms with E-state index in [1.165, 1.54) is 41.4 Å². The second-order valence-electron chi connectivity index (χ2n) is 6.92. The van der Waals surface area contributed by atoms with E-state index in [2.05, 4.69) is 40.2 Å². The van der Waals surface area contributed by atoms with Gasteiger partial charge < -0.3 is 9.30 Å². The molecule has 0 amide bonds. The van der Waals surface area contributed by atoms with Gasteiger partial charge in [0.25, 0.3) is 0 Å². The van der Waals surface area contributed by atoms with E-state index in [0.29, 0.717) is 11.5 Å². The van der Waals surface area contributed by atoms with Crippen LogP contribution in [0.4, 0.5) is 0 Å². The zero-order chi connectivity index (χ0) is 15.0. The Morgan fingerprint density at radius 1 is 1.50 bits per heavy atom. The molecule has 2 saturated carbocycles. The molecule has 2 fully saturated rings. The van der Waals surface area contributed by atoms with Crippen LogP contribution in [0.5, 0.6) is 0 Å². The lowest BCUT2D eigenvalue weighted by atomic mass is 9.61. The minimum Gasteiger partial charge on any atom is -0.381 e. The van der Waals surface area contributed by atoms with E-state index in [9.17, 15) is 5.26 Å². The molecule has 3 nitrogen and oxygen atoms in total. The molecule has 22 heavy (non-hydrogen) atoms. The highest BCUT2D eigenvalue weighted by Crippen LogP contribution is 2.50. The lowest BCUT2D eigenvalue weighted by Gasteiger charge is -2.48. The van der Waals surface area contributed by atoms with E-state index in [0.717, 1.165) is 24.6 Å². The largest absolute Gasteiger partial charge is 0.381 e. The van der Waals surface area contributed by atoms with Gasteiger partial charge in [-0.15, -0.1) is 0 Å². The normalized spacial score (nSPS) is 30.5. The molecule has 0 aliphatic heterocycles. The zero-order valence-corrected chi connectivity index (χ0v) is 15.0. The van der Waals surface area contributed by atoms with E-state index in [1.807, 2.05) is 13.2 Å². The van der Waals surface area contributed by atoms with E-state index < -0.39 is 0 Å². The highest BCUT2D eigenvalue weighted by Gasteiger charge is 2.43. The summed E-state index contributed by atoms with van der Waals surface area (Å²) in [5.74, 6) is 0.818. The topological polar surface area (TPSA) is 38.0 Å². The highest BCUT2D eigenvalue weighted by atomic mass is 127. The van der Waals surface area contributed by atoms with Crippen molar-refractivity contribution < 1.29 is 4.74 Å². The maximum atomic E-state index is 9.41. The first-order valence-electron chi connectivity index (χ1n) is 7.85. The summed E-state index contributed by atoms with van der Waals surface area (Å²) in [5.41, 5.74) is 2.39. The van der Waals surface area contributed by atoms with Gasteiger partial charge in [0.1, 0.15) is 11.8 Å². The van der Waals surface area contributed by atoms with Gasteiger partial charge in [0.05, 0.1) is 6.10 Å². The van der Waals surface area contributed by atoms with Crippen molar-refractivity contribution in [1.29, 1.82) is 5.26 Å². The average molecular weight is 414 g/mol. The van der Waals surface area contributed by atoms with Crippen LogP contribution in [0, 0.1) is 33.2 Å². The molecular weight excluding hydrogens is 387 g/mol. The average Bonchev–Trinajstić information content (AvgIpc) is 2.74. The SMILES string of the molecule is C.COC1CC2CCCC(Cn3c(C#N)cc(I)c3C)(C2)C1. The molecule has 2 aliphatic rings. The molecule has 3 rings (SSSR count). The summed E-state index contributed by atoms with van der Waals surface area (Å²) in [6.45, 7) is 3.12. The van der Waals surface area contributed by atoms with Crippen LogP contribution in [0.3, 0.4) is 0 Å². The number of halogens is 1. The van der Waals surface area contributed by atoms with E-state index in [-0.39, 0.29) is 7.43 Å². The second-order valence-corrected chi connectivity index (χ2v) is 8.08. The zero-order valence-electron chi connectivity index (χ0n) is 12.9. The van der Waals surface area contributed by atoms with Gasteiger partial charge in [-0.1, -0.05) is 20.3 Å². The number of methoxy groups -OCH3 is 1. The van der Waals surface area contributed by atoms with Gasteiger partial charge in [0, 0.05) is 22.9 Å². The fraction of sp³-hybridized carbons (Fsp3) is 0.722. The van der Waals surface area contributed by atoms with Gasteiger partial charge in [-0.25, -0.2) is 0 Å². The summed E-state index contributed by atoms with van der Waals surface area (Å²) in [4.78, 5) is 0. The molecule has 0 saturated heterocycles. The second kappa shape index (κ2) is 6.92. The number of fused-ring (bicyclic) bond motifs is 2. The molecule has 0 aromatic carbocycles. The first-order valence-corrected chi connectivity index (χ1v) is 8.93. The number of ether oxygens (including phenoxy) is 1. The van der Waals surface area contributed by atoms with Crippen LogP contribution >= 0.6 is 22.6 Å². The van der Waals surface area contributed by atoms with Crippen LogP contribution in [-0.4, -0.2) is 17.8 Å². The van der Waals surface area contributed by atoms with Crippen molar-refractivity contribution >= 4 is 22.6 Å². The van der Waals surface area contributed by atoms with Crippen molar-refractivity contribution in [3.05, 3.63) is 21.0 Å². The van der Waals surface area contributed by atoms with Crippen molar-refractivity contribution in [2.45, 2.75) is 65.5 Å². The molecular formula is C18H27IN2O. The number of hydrogen-bond acceptors (Lipinski definition) is 2. The van der Waals surface area contributed by atoms with Gasteiger partial charge in [-0.2, -0.15) is 5.26 Å². The van der Waals surface area contributed by atoms with Crippen LogP contribution in [-0.2, 0) is 11.3 Å². The minimum absolute atomic E-state index is 0. The van der Waals surface area contributed by atoms with Crippen LogP contribution in [0.1, 0.15) is 57.3 Å². The van der Waals surface area contributed by atoms with E-state index >= 15 is 0 Å². The first-order chi connectivity index (χ1) is 10.1. The predicted molar refractivity (Wildman–Crippen MR) is 97.8 cm³/mol. The summed E-state index contributed by atoms with van der Waals surface area (Å²) >= 11 is 2.34. The van der Waals surface area contributed by atoms with Crippen molar-refractivity contribution in [2.24, 2.45) is 11.3 Å². The summed E-state index contributed by atoms with van der Waals surface area (Å²) in [6, 6.07) is 4.39. The maximum Gasteiger partial charge on any atom is 0.121 e. The molecule has 1 aromatic rings. The Kier molecular flexibility index (Phi) is 5.60. The molecule has 0 radical (unpaired) electrons. The number of nitrogens with zero attached hydrogens (tertiary/aromatic N) is 2. The smallest absolute Gasteiger partial charge is 0.121 e. The first kappa shape index (κ1) is 17.8. The standard InChI is InChI=1S/C17H23IN2O.CH4/c1-12-16(18)7-14(10-19)20(12)11-17-5-3-4-13(8-17)6-15(9-17)21-2;/h7,13,15H,3-6,8-9,11H2,1-2H3;1H4. The van der Waals surface area contributed by atoms with E-state index in [1.54, 1.807) is 0 Å². The molecule has 1 aromatic heterocycles. The Balaban J connectivity index is 0.00000176. The monoisotopic (exact) mass is 414 g/mol. The molecule has 0 spiro atoms. The third-order valence-corrected chi connectivity index (χ3v) is 6.64. The van der Waals surface area contributed by atoms with Crippen LogP contribution in [0.25, 0.3) is 0 Å². The van der Waals surface area contributed by atoms with Gasteiger partial charge in [-0.3, -0.25) is 0 Å². The molecule has 122 valence electrons. The fourth-order valence-corrected chi connectivity index (χ4v) is 5.12. The van der Waals surface area contributed by atoms with Crippen LogP contribution < -0.4 is 0 Å². The Morgan fingerprint density at radius 2 is 2.27 bits per heavy atom. The van der Waals surface area contributed by atoms with Gasteiger partial charge in [0.15, 0.2) is 0 Å². The van der Waals surface area contributed by atoms with Gasteiger partial charge in [-0.05, 0) is 72.6 Å². The molecule has 2 bridgehead atoms. The molecule has 3 atom stereocenters. The minimum atomic E-state index is 0. The molecule has 1 heterocycles. The summed E-state index contributed by atoms with van der Waals surface area (Å²) in [5, 5.41) is 9.41. The Hall–Kier alpha value is -0.540. The Bertz CT molecular complexity index is 574. The van der Waals surface area contributed by atoms with Crippen molar-refractivity contribution in [1.82, 2.24) is 4.57 Å². The van der Waals surface area contributed by atoms with Crippen LogP contribution in [0.15, 0.2) is 6.07 Å². The summed E-state index contributed by atoms with van der Waals surface area (Å²) in [6.07, 6.45) is 8.07. The van der Waals surface area contributed by atoms with Crippen molar-refractivity contribution in [3.63, 3.8) is 0 Å². The van der Waals surface area contributed by atoms with Crippen molar-refractivity contribution in [3.8, 4) is 6.07 Å². The number of aromatic nitrogens is 1. The third kappa shape index (κ3) is 3.21. The molecule has 2 aliphatic carbocycles. The summed E-state index contributed by atoms with van der Waals surface area (Å²) in [7, 11) is 1.85. The number of rotatable bonds is 3. The quantitative estimate of drug-likeness (QED) is 0.661. The fourth-order valence-electron chi connectivity index (χ4n) is 4.54. The maximum absolute atomic E-state index is 9.41. The van der Waals surface area contributed by atoms with Gasteiger partial charge >= 0.3 is 0 Å². The molecule has 3 unspecified atom stereocenters. The van der Waals surface area contributed by atoms with Crippen LogP contribution in [0.2, 0.25) is 0 Å². The number of hydrogen-bond donors (Lipinski definition) is 0. The number of nitriles is 1. The van der Waals surface area contributed by atoms with E-state index in [4.69, 9.17) is 4.74 Å². The highest BCUT2D eigenvalue weighted by molar-refractivity contribution is 14.1. The lowest BCUT2D eigenvalue weighted by molar-refractivity contribution is -0.0448. The van der Waals surface area contributed by atoms with Gasteiger partial charge in [0.2, 0.25) is 0 Å². The third-order valence-electron chi connectivity index (χ3n) is 5.54.